The van der Waals surface area contributed by atoms with E-state index in [9.17, 15) is 0 Å². The maximum absolute atomic E-state index is 5.39. The quantitative estimate of drug-likeness (QED) is 0.165. The smallest absolute Gasteiger partial charge is 0.238 e. The fraction of sp³-hybridized carbons (Fsp3) is 0. The Kier molecular flexibility index (Phi) is 7.16. The molecule has 0 aliphatic carbocycles. The van der Waals surface area contributed by atoms with Gasteiger partial charge in [0.25, 0.3) is 0 Å². The average Bonchev–Trinajstić information content (AvgIpc) is 3.81. The lowest BCUT2D eigenvalue weighted by atomic mass is 10.00. The molecule has 0 N–H and O–H groups in total. The van der Waals surface area contributed by atoms with Crippen LogP contribution in [0.4, 0.5) is 0 Å². The lowest BCUT2D eigenvalue weighted by Crippen LogP contribution is -2.07. The summed E-state index contributed by atoms with van der Waals surface area (Å²) in [5.41, 5.74) is 9.54. The summed E-state index contributed by atoms with van der Waals surface area (Å²) in [5, 5.41) is 9.47. The molecule has 0 aliphatic heterocycles. The van der Waals surface area contributed by atoms with Gasteiger partial charge in [0.05, 0.1) is 27.8 Å². The molecule has 5 heteroatoms. The van der Waals surface area contributed by atoms with Crippen LogP contribution in [0.5, 0.6) is 0 Å². The summed E-state index contributed by atoms with van der Waals surface area (Å²) in [6, 6.07) is 71.0. The molecule has 12 aromatic rings. The molecule has 0 unspecified atom stereocenters. The van der Waals surface area contributed by atoms with Gasteiger partial charge < -0.3 is 4.57 Å². The molecule has 0 radical (unpaired) electrons. The van der Waals surface area contributed by atoms with Crippen LogP contribution in [0.25, 0.3) is 111 Å². The normalized spacial score (nSPS) is 11.8. The van der Waals surface area contributed by atoms with Gasteiger partial charge in [-0.3, -0.25) is 4.57 Å². The van der Waals surface area contributed by atoms with Crippen LogP contribution in [0.2, 0.25) is 0 Å². The highest BCUT2D eigenvalue weighted by atomic mass is 15.2. The molecule has 0 saturated heterocycles. The third-order valence-electron chi connectivity index (χ3n) is 11.6. The predicted molar refractivity (Wildman–Crippen MR) is 240 cm³/mol. The molecule has 0 saturated carbocycles. The number of fused-ring (bicyclic) bond motifs is 9. The second kappa shape index (κ2) is 12.8. The molecule has 270 valence electrons. The molecule has 0 fully saturated rings. The highest BCUT2D eigenvalue weighted by Crippen LogP contribution is 2.39. The van der Waals surface area contributed by atoms with E-state index < -0.39 is 0 Å². The average molecular weight is 740 g/mol. The van der Waals surface area contributed by atoms with Gasteiger partial charge in [0.1, 0.15) is 0 Å². The molecule has 0 bridgehead atoms. The van der Waals surface area contributed by atoms with Crippen molar-refractivity contribution in [3.8, 4) is 45.5 Å². The van der Waals surface area contributed by atoms with Crippen LogP contribution in [-0.4, -0.2) is 24.1 Å². The Balaban J connectivity index is 1.12. The Morgan fingerprint density at radius 2 is 0.845 bits per heavy atom. The van der Waals surface area contributed by atoms with Gasteiger partial charge in [0.2, 0.25) is 5.95 Å². The molecule has 0 spiro atoms. The van der Waals surface area contributed by atoms with Gasteiger partial charge in [0, 0.05) is 32.7 Å². The predicted octanol–water partition coefficient (Wildman–Crippen LogP) is 13.4. The second-order valence-electron chi connectivity index (χ2n) is 14.8. The highest BCUT2D eigenvalue weighted by Gasteiger charge is 2.21. The first-order valence-corrected chi connectivity index (χ1v) is 19.6. The number of hydrogen-bond acceptors (Lipinski definition) is 3. The number of hydrogen-bond donors (Lipinski definition) is 0. The molecule has 5 nitrogen and oxygen atoms in total. The molecular formula is C53H33N5. The van der Waals surface area contributed by atoms with Crippen LogP contribution >= 0.6 is 0 Å². The first-order valence-electron chi connectivity index (χ1n) is 19.6. The monoisotopic (exact) mass is 739 g/mol. The third kappa shape index (κ3) is 5.00. The van der Waals surface area contributed by atoms with E-state index in [4.69, 9.17) is 15.0 Å². The minimum atomic E-state index is 0.570. The van der Waals surface area contributed by atoms with Crippen molar-refractivity contribution < 1.29 is 0 Å². The molecule has 12 rings (SSSR count). The van der Waals surface area contributed by atoms with Gasteiger partial charge in [-0.1, -0.05) is 152 Å². The summed E-state index contributed by atoms with van der Waals surface area (Å²) in [6.07, 6.45) is 0. The Morgan fingerprint density at radius 3 is 1.62 bits per heavy atom. The number of nitrogens with zero attached hydrogens (tertiary/aromatic N) is 5. The van der Waals surface area contributed by atoms with Crippen molar-refractivity contribution in [1.82, 2.24) is 24.1 Å². The topological polar surface area (TPSA) is 48.5 Å². The van der Waals surface area contributed by atoms with Crippen LogP contribution in [0.1, 0.15) is 0 Å². The maximum atomic E-state index is 5.39. The summed E-state index contributed by atoms with van der Waals surface area (Å²) in [7, 11) is 0. The number of para-hydroxylation sites is 4. The fourth-order valence-corrected chi connectivity index (χ4v) is 8.90. The van der Waals surface area contributed by atoms with Crippen molar-refractivity contribution in [3.63, 3.8) is 0 Å². The SMILES string of the molecule is c1ccc(-c2ccc3c(c2)c2ccccc2n3-c2ccccc2-c2nc(-c3ccc4c(ccc5ccccc54)c3)nc(-n3c4ccccc4c4ccccc43)n2)cc1. The first-order chi connectivity index (χ1) is 28.8. The highest BCUT2D eigenvalue weighted by molar-refractivity contribution is 6.12. The van der Waals surface area contributed by atoms with E-state index in [-0.39, 0.29) is 0 Å². The Morgan fingerprint density at radius 1 is 0.293 bits per heavy atom. The molecule has 3 aromatic heterocycles. The summed E-state index contributed by atoms with van der Waals surface area (Å²) >= 11 is 0. The summed E-state index contributed by atoms with van der Waals surface area (Å²) in [5.74, 6) is 1.78. The van der Waals surface area contributed by atoms with E-state index in [0.29, 0.717) is 17.6 Å². The van der Waals surface area contributed by atoms with Gasteiger partial charge in [-0.25, -0.2) is 4.98 Å². The van der Waals surface area contributed by atoms with E-state index >= 15 is 0 Å². The Hall–Kier alpha value is -7.89. The van der Waals surface area contributed by atoms with Gasteiger partial charge in [-0.2, -0.15) is 9.97 Å². The van der Waals surface area contributed by atoms with Gasteiger partial charge in [-0.15, -0.1) is 0 Å². The second-order valence-corrected chi connectivity index (χ2v) is 14.8. The molecular weight excluding hydrogens is 707 g/mol. The summed E-state index contributed by atoms with van der Waals surface area (Å²) in [6.45, 7) is 0. The molecule has 3 heterocycles. The number of benzene rings is 9. The van der Waals surface area contributed by atoms with Crippen LogP contribution in [0.3, 0.4) is 0 Å². The molecule has 0 aliphatic rings. The lowest BCUT2D eigenvalue weighted by Gasteiger charge is -2.15. The zero-order chi connectivity index (χ0) is 38.2. The first kappa shape index (κ1) is 32.4. The van der Waals surface area contributed by atoms with E-state index in [2.05, 4.69) is 209 Å². The minimum Gasteiger partial charge on any atom is -0.309 e. The van der Waals surface area contributed by atoms with Crippen LogP contribution in [-0.2, 0) is 0 Å². The minimum absolute atomic E-state index is 0.570. The van der Waals surface area contributed by atoms with Gasteiger partial charge in [-0.05, 0) is 81.2 Å². The molecule has 0 amide bonds. The van der Waals surface area contributed by atoms with E-state index in [1.807, 2.05) is 0 Å². The Bertz CT molecular complexity index is 3520. The van der Waals surface area contributed by atoms with Crippen molar-refractivity contribution in [2.75, 3.05) is 0 Å². The number of aromatic nitrogens is 5. The van der Waals surface area contributed by atoms with Crippen molar-refractivity contribution in [2.24, 2.45) is 0 Å². The van der Waals surface area contributed by atoms with Crippen molar-refractivity contribution >= 4 is 65.2 Å². The maximum Gasteiger partial charge on any atom is 0.238 e. The summed E-state index contributed by atoms with van der Waals surface area (Å²) < 4.78 is 4.54. The lowest BCUT2D eigenvalue weighted by molar-refractivity contribution is 0.952. The standard InChI is InChI=1S/C53H33N5/c1-2-14-34(15-3-1)36-29-31-50-45(33-36)43-20-8-10-22-46(43)57(50)49-25-13-9-21-44(49)52-54-51(38-28-30-40-37(32-38)27-26-35-16-4-5-17-39(35)40)55-53(56-52)58-47-23-11-6-18-41(47)42-19-7-12-24-48(42)58/h1-33H. The van der Waals surface area contributed by atoms with Crippen LogP contribution < -0.4 is 0 Å². The fourth-order valence-electron chi connectivity index (χ4n) is 8.90. The van der Waals surface area contributed by atoms with Crippen molar-refractivity contribution in [1.29, 1.82) is 0 Å². The zero-order valence-corrected chi connectivity index (χ0v) is 31.3. The largest absolute Gasteiger partial charge is 0.309 e. The van der Waals surface area contributed by atoms with Gasteiger partial charge >= 0.3 is 0 Å². The van der Waals surface area contributed by atoms with Crippen molar-refractivity contribution in [2.45, 2.75) is 0 Å². The van der Waals surface area contributed by atoms with E-state index in [1.165, 1.54) is 38.1 Å². The summed E-state index contributed by atoms with van der Waals surface area (Å²) in [4.78, 5) is 16.0. The third-order valence-corrected chi connectivity index (χ3v) is 11.6. The van der Waals surface area contributed by atoms with Gasteiger partial charge in [0.15, 0.2) is 11.6 Å². The number of rotatable bonds is 5. The molecule has 58 heavy (non-hydrogen) atoms. The van der Waals surface area contributed by atoms with E-state index in [1.54, 1.807) is 0 Å². The zero-order valence-electron chi connectivity index (χ0n) is 31.3. The Labute approximate surface area is 333 Å². The van der Waals surface area contributed by atoms with Crippen LogP contribution in [0.15, 0.2) is 200 Å². The van der Waals surface area contributed by atoms with E-state index in [0.717, 1.165) is 55.0 Å². The molecule has 0 atom stereocenters. The molecule has 9 aromatic carbocycles. The van der Waals surface area contributed by atoms with Crippen molar-refractivity contribution in [3.05, 3.63) is 200 Å². The van der Waals surface area contributed by atoms with Crippen LogP contribution in [0, 0.1) is 0 Å².